The standard InChI is InChI=1S/C41H65O9P/c1-3-5-7-8-9-10-11-12-13-14-18-21-24-27-30-34-40(43)48-36-39(37-49-51(45,46)47)50-41(44)35-31-28-25-22-19-16-15-17-20-23-26-29-33-38(42)32-6-4-2/h5-7,9-10,12-13,15-16,20,22-23,25-26,29,32,38-39,42H,3-4,8,11,14,17-19,21,24,27-28,30-31,33-37H2,1-2H3,(H2,45,46,47)/b7-5-,10-9-,13-12-,16-15-,23-20-,25-22-,29-26+,32-6-/t38?,39-/m1/s1. The summed E-state index contributed by atoms with van der Waals surface area (Å²) >= 11 is 0. The van der Waals surface area contributed by atoms with Crippen molar-refractivity contribution in [2.75, 3.05) is 13.2 Å². The van der Waals surface area contributed by atoms with Crippen molar-refractivity contribution < 1.29 is 43.0 Å². The number of esters is 2. The summed E-state index contributed by atoms with van der Waals surface area (Å²) in [5, 5.41) is 9.73. The molecule has 0 spiro atoms. The minimum Gasteiger partial charge on any atom is -0.462 e. The Morgan fingerprint density at radius 1 is 0.608 bits per heavy atom. The zero-order valence-electron chi connectivity index (χ0n) is 31.1. The summed E-state index contributed by atoms with van der Waals surface area (Å²) in [6.07, 6.45) is 44.7. The van der Waals surface area contributed by atoms with Crippen LogP contribution in [0.3, 0.4) is 0 Å². The first-order valence-corrected chi connectivity index (χ1v) is 20.2. The molecule has 2 atom stereocenters. The Morgan fingerprint density at radius 3 is 1.78 bits per heavy atom. The topological polar surface area (TPSA) is 140 Å². The van der Waals surface area contributed by atoms with Gasteiger partial charge in [0.15, 0.2) is 6.10 Å². The van der Waals surface area contributed by atoms with E-state index in [9.17, 15) is 19.3 Å². The lowest BCUT2D eigenvalue weighted by Crippen LogP contribution is -2.29. The van der Waals surface area contributed by atoms with Gasteiger partial charge in [0.1, 0.15) is 6.61 Å². The van der Waals surface area contributed by atoms with Crippen LogP contribution in [0.5, 0.6) is 0 Å². The van der Waals surface area contributed by atoms with Gasteiger partial charge in [-0.3, -0.25) is 14.1 Å². The molecule has 0 saturated heterocycles. The lowest BCUT2D eigenvalue weighted by Gasteiger charge is -2.18. The number of aliphatic hydroxyl groups is 1. The second-order valence-corrected chi connectivity index (χ2v) is 13.2. The maximum atomic E-state index is 12.3. The zero-order chi connectivity index (χ0) is 37.7. The molecule has 0 aromatic carbocycles. The molecule has 0 heterocycles. The van der Waals surface area contributed by atoms with E-state index >= 15 is 0 Å². The average Bonchev–Trinajstić information content (AvgIpc) is 3.09. The van der Waals surface area contributed by atoms with Crippen molar-refractivity contribution in [3.05, 3.63) is 97.2 Å². The van der Waals surface area contributed by atoms with Gasteiger partial charge in [-0.2, -0.15) is 0 Å². The van der Waals surface area contributed by atoms with Gasteiger partial charge in [-0.15, -0.1) is 0 Å². The predicted molar refractivity (Wildman–Crippen MR) is 208 cm³/mol. The number of carbonyl (C=O) groups is 2. The summed E-state index contributed by atoms with van der Waals surface area (Å²) in [5.74, 6) is -1.01. The molecule has 51 heavy (non-hydrogen) atoms. The second-order valence-electron chi connectivity index (χ2n) is 12.0. The summed E-state index contributed by atoms with van der Waals surface area (Å²) in [6.45, 7) is 3.24. The van der Waals surface area contributed by atoms with E-state index in [1.165, 1.54) is 0 Å². The quantitative estimate of drug-likeness (QED) is 0.0203. The van der Waals surface area contributed by atoms with Crippen LogP contribution in [0.4, 0.5) is 0 Å². The fourth-order valence-corrected chi connectivity index (χ4v) is 4.80. The van der Waals surface area contributed by atoms with E-state index in [2.05, 4.69) is 60.1 Å². The number of ether oxygens (including phenoxy) is 2. The van der Waals surface area contributed by atoms with Crippen LogP contribution in [-0.4, -0.2) is 52.3 Å². The smallest absolute Gasteiger partial charge is 0.462 e. The number of hydrogen-bond acceptors (Lipinski definition) is 7. The van der Waals surface area contributed by atoms with E-state index in [-0.39, 0.29) is 19.4 Å². The molecule has 0 bridgehead atoms. The third kappa shape index (κ3) is 38.0. The van der Waals surface area contributed by atoms with Gasteiger partial charge in [0.25, 0.3) is 0 Å². The Hall–Kier alpha value is -3.07. The Kier molecular flexibility index (Phi) is 33.2. The average molecular weight is 733 g/mol. The minimum absolute atomic E-state index is 0.106. The normalized spacial score (nSPS) is 14.2. The number of aliphatic hydroxyl groups excluding tert-OH is 1. The summed E-state index contributed by atoms with van der Waals surface area (Å²) in [6, 6.07) is 0. The van der Waals surface area contributed by atoms with Gasteiger partial charge in [0.2, 0.25) is 0 Å². The molecule has 1 unspecified atom stereocenters. The van der Waals surface area contributed by atoms with Gasteiger partial charge in [-0.25, -0.2) is 4.57 Å². The van der Waals surface area contributed by atoms with E-state index in [0.29, 0.717) is 25.7 Å². The maximum Gasteiger partial charge on any atom is 0.469 e. The van der Waals surface area contributed by atoms with Crippen molar-refractivity contribution in [3.63, 3.8) is 0 Å². The fourth-order valence-electron chi connectivity index (χ4n) is 4.44. The second kappa shape index (κ2) is 35.3. The molecule has 0 aliphatic carbocycles. The summed E-state index contributed by atoms with van der Waals surface area (Å²) < 4.78 is 26.2. The third-order valence-electron chi connectivity index (χ3n) is 7.17. The highest BCUT2D eigenvalue weighted by Crippen LogP contribution is 2.35. The van der Waals surface area contributed by atoms with Gasteiger partial charge in [-0.05, 0) is 77.0 Å². The summed E-state index contributed by atoms with van der Waals surface area (Å²) in [4.78, 5) is 42.7. The van der Waals surface area contributed by atoms with Crippen molar-refractivity contribution in [1.29, 1.82) is 0 Å². The van der Waals surface area contributed by atoms with Crippen LogP contribution in [0.15, 0.2) is 97.2 Å². The van der Waals surface area contributed by atoms with E-state index in [1.54, 1.807) is 6.08 Å². The van der Waals surface area contributed by atoms with Gasteiger partial charge < -0.3 is 24.4 Å². The SMILES string of the molecule is CC/C=C\C/C=C\C/C=C\CCCCCCCC(=O)OC[C@H](COP(=O)(O)O)OC(=O)CCC/C=C\C/C=C\C/C=C\C=C\CC(O)/C=C\CC. The third-order valence-corrected chi connectivity index (χ3v) is 7.66. The molecule has 0 aliphatic rings. The molecule has 0 aliphatic heterocycles. The molecule has 10 heteroatoms. The number of hydrogen-bond donors (Lipinski definition) is 3. The summed E-state index contributed by atoms with van der Waals surface area (Å²) in [7, 11) is -4.79. The van der Waals surface area contributed by atoms with Gasteiger partial charge in [-0.1, -0.05) is 130 Å². The maximum absolute atomic E-state index is 12.3. The van der Waals surface area contributed by atoms with E-state index in [0.717, 1.165) is 70.6 Å². The number of carbonyl (C=O) groups excluding carboxylic acids is 2. The first kappa shape index (κ1) is 47.9. The lowest BCUT2D eigenvalue weighted by molar-refractivity contribution is -0.161. The van der Waals surface area contributed by atoms with Crippen LogP contribution in [0.2, 0.25) is 0 Å². The van der Waals surface area contributed by atoms with E-state index < -0.39 is 38.6 Å². The largest absolute Gasteiger partial charge is 0.469 e. The molecule has 0 aromatic rings. The Bertz CT molecular complexity index is 1160. The molecule has 0 aromatic heterocycles. The molecule has 0 saturated carbocycles. The lowest BCUT2D eigenvalue weighted by atomic mass is 10.1. The van der Waals surface area contributed by atoms with Crippen LogP contribution in [0.25, 0.3) is 0 Å². The Morgan fingerprint density at radius 2 is 1.14 bits per heavy atom. The number of phosphoric acid groups is 1. The highest BCUT2D eigenvalue weighted by atomic mass is 31.2. The molecule has 3 N–H and O–H groups in total. The van der Waals surface area contributed by atoms with Crippen LogP contribution in [0.1, 0.15) is 123 Å². The van der Waals surface area contributed by atoms with Crippen LogP contribution >= 0.6 is 7.82 Å². The van der Waals surface area contributed by atoms with Crippen molar-refractivity contribution in [2.45, 2.75) is 135 Å². The zero-order valence-corrected chi connectivity index (χ0v) is 32.0. The highest BCUT2D eigenvalue weighted by molar-refractivity contribution is 7.46. The first-order chi connectivity index (χ1) is 24.7. The van der Waals surface area contributed by atoms with E-state index in [4.69, 9.17) is 19.3 Å². The van der Waals surface area contributed by atoms with Crippen molar-refractivity contribution in [1.82, 2.24) is 0 Å². The molecule has 0 amide bonds. The fraction of sp³-hybridized carbons (Fsp3) is 0.561. The monoisotopic (exact) mass is 732 g/mol. The highest BCUT2D eigenvalue weighted by Gasteiger charge is 2.22. The molecular formula is C41H65O9P. The molecule has 0 radical (unpaired) electrons. The van der Waals surface area contributed by atoms with Crippen LogP contribution in [0, 0.1) is 0 Å². The number of unbranched alkanes of at least 4 members (excludes halogenated alkanes) is 6. The first-order valence-electron chi connectivity index (χ1n) is 18.6. The number of rotatable bonds is 32. The van der Waals surface area contributed by atoms with Crippen LogP contribution in [-0.2, 0) is 28.2 Å². The van der Waals surface area contributed by atoms with E-state index in [1.807, 2.05) is 49.5 Å². The number of phosphoric ester groups is 1. The Balaban J connectivity index is 4.17. The van der Waals surface area contributed by atoms with Gasteiger partial charge in [0.05, 0.1) is 12.7 Å². The molecule has 288 valence electrons. The van der Waals surface area contributed by atoms with Gasteiger partial charge in [0, 0.05) is 12.8 Å². The molecule has 0 fully saturated rings. The Labute approximate surface area is 307 Å². The summed E-state index contributed by atoms with van der Waals surface area (Å²) in [5.41, 5.74) is 0. The van der Waals surface area contributed by atoms with Crippen molar-refractivity contribution >= 4 is 19.8 Å². The van der Waals surface area contributed by atoms with Gasteiger partial charge >= 0.3 is 19.8 Å². The molecule has 9 nitrogen and oxygen atoms in total. The number of allylic oxidation sites excluding steroid dienone is 14. The minimum atomic E-state index is -4.79. The molecule has 0 rings (SSSR count). The van der Waals surface area contributed by atoms with Crippen molar-refractivity contribution in [2.24, 2.45) is 0 Å². The molecular weight excluding hydrogens is 667 g/mol. The predicted octanol–water partition coefficient (Wildman–Crippen LogP) is 10.0. The van der Waals surface area contributed by atoms with Crippen LogP contribution < -0.4 is 0 Å². The van der Waals surface area contributed by atoms with Crippen molar-refractivity contribution in [3.8, 4) is 0 Å².